The lowest BCUT2D eigenvalue weighted by molar-refractivity contribution is -0.142. The van der Waals surface area contributed by atoms with Gasteiger partial charge in [0.2, 0.25) is 0 Å². The number of carbonyl (C=O) groups excluding carboxylic acids is 1. The van der Waals surface area contributed by atoms with Crippen molar-refractivity contribution in [2.45, 2.75) is 13.3 Å². The Hall–Kier alpha value is -1.61. The first kappa shape index (κ1) is 11.9. The largest absolute Gasteiger partial charge is 0.466 e. The highest BCUT2D eigenvalue weighted by Crippen LogP contribution is 2.26. The second kappa shape index (κ2) is 5.64. The van der Waals surface area contributed by atoms with Crippen molar-refractivity contribution in [2.24, 2.45) is 0 Å². The Balaban J connectivity index is 2.03. The molecular weight excluding hydrogens is 232 g/mol. The van der Waals surface area contributed by atoms with E-state index < -0.39 is 0 Å². The first-order chi connectivity index (χ1) is 8.29. The van der Waals surface area contributed by atoms with Crippen molar-refractivity contribution >= 4 is 33.5 Å². The number of fused-ring (bicyclic) bond motifs is 1. The number of carbonyl (C=O) groups is 1. The highest BCUT2D eigenvalue weighted by molar-refractivity contribution is 7.19. The number of hydrogen-bond donors (Lipinski definition) is 0. The van der Waals surface area contributed by atoms with Gasteiger partial charge in [-0.15, -0.1) is 11.3 Å². The third-order valence-corrected chi connectivity index (χ3v) is 3.40. The first-order valence-corrected chi connectivity index (χ1v) is 6.42. The van der Waals surface area contributed by atoms with Gasteiger partial charge in [0.25, 0.3) is 0 Å². The molecule has 0 saturated carbocycles. The molecule has 2 aromatic rings. The zero-order chi connectivity index (χ0) is 12.1. The van der Waals surface area contributed by atoms with Crippen LogP contribution in [0.2, 0.25) is 0 Å². The minimum absolute atomic E-state index is 0.176. The third kappa shape index (κ3) is 3.17. The molecule has 1 aromatic carbocycles. The Morgan fingerprint density at radius 1 is 1.41 bits per heavy atom. The lowest BCUT2D eigenvalue weighted by Crippen LogP contribution is -2.01. The van der Waals surface area contributed by atoms with Gasteiger partial charge < -0.3 is 4.74 Å². The minimum Gasteiger partial charge on any atom is -0.466 e. The Morgan fingerprint density at radius 3 is 3.00 bits per heavy atom. The van der Waals surface area contributed by atoms with Crippen LogP contribution in [0.4, 0.5) is 0 Å². The average molecular weight is 246 g/mol. The van der Waals surface area contributed by atoms with Crippen LogP contribution in [0.3, 0.4) is 0 Å². The standard InChI is InChI=1S/C14H14O2S/c1-2-16-14(15)9-5-7-12-10-11-6-3-4-8-13(11)17-12/h3-8,10H,2,9H2,1H3. The Labute approximate surface area is 105 Å². The summed E-state index contributed by atoms with van der Waals surface area (Å²) >= 11 is 1.72. The number of rotatable bonds is 4. The summed E-state index contributed by atoms with van der Waals surface area (Å²) in [6.07, 6.45) is 4.16. The number of thiophene rings is 1. The summed E-state index contributed by atoms with van der Waals surface area (Å²) in [5.74, 6) is -0.176. The van der Waals surface area contributed by atoms with Gasteiger partial charge in [-0.05, 0) is 30.5 Å². The molecule has 0 unspecified atom stereocenters. The molecular formula is C14H14O2S. The number of esters is 1. The van der Waals surface area contributed by atoms with Gasteiger partial charge in [0, 0.05) is 9.58 Å². The fourth-order valence-electron chi connectivity index (χ4n) is 1.58. The maximum Gasteiger partial charge on any atom is 0.309 e. The number of benzene rings is 1. The lowest BCUT2D eigenvalue weighted by Gasteiger charge is -1.95. The van der Waals surface area contributed by atoms with Crippen LogP contribution in [0.1, 0.15) is 18.2 Å². The molecule has 0 bridgehead atoms. The maximum absolute atomic E-state index is 11.1. The van der Waals surface area contributed by atoms with Crippen LogP contribution in [-0.4, -0.2) is 12.6 Å². The van der Waals surface area contributed by atoms with Crippen molar-refractivity contribution in [3.63, 3.8) is 0 Å². The molecule has 2 rings (SSSR count). The van der Waals surface area contributed by atoms with Crippen LogP contribution in [-0.2, 0) is 9.53 Å². The monoisotopic (exact) mass is 246 g/mol. The molecule has 0 amide bonds. The molecule has 3 heteroatoms. The quantitative estimate of drug-likeness (QED) is 0.765. The normalized spacial score (nSPS) is 11.1. The Bertz CT molecular complexity index is 507. The van der Waals surface area contributed by atoms with E-state index in [9.17, 15) is 4.79 Å². The van der Waals surface area contributed by atoms with Gasteiger partial charge in [0.1, 0.15) is 0 Å². The summed E-state index contributed by atoms with van der Waals surface area (Å²) in [5, 5.41) is 1.24. The van der Waals surface area contributed by atoms with E-state index >= 15 is 0 Å². The zero-order valence-corrected chi connectivity index (χ0v) is 10.5. The molecule has 0 aliphatic carbocycles. The van der Waals surface area contributed by atoms with E-state index in [-0.39, 0.29) is 5.97 Å². The SMILES string of the molecule is CCOC(=O)CC=Cc1cc2ccccc2s1. The summed E-state index contributed by atoms with van der Waals surface area (Å²) in [6.45, 7) is 2.25. The summed E-state index contributed by atoms with van der Waals surface area (Å²) < 4.78 is 6.12. The van der Waals surface area contributed by atoms with Gasteiger partial charge in [-0.25, -0.2) is 0 Å². The molecule has 0 radical (unpaired) electrons. The van der Waals surface area contributed by atoms with Crippen LogP contribution in [0.25, 0.3) is 16.2 Å². The number of ether oxygens (including phenoxy) is 1. The average Bonchev–Trinajstić information content (AvgIpc) is 2.71. The Morgan fingerprint density at radius 2 is 2.24 bits per heavy atom. The smallest absolute Gasteiger partial charge is 0.309 e. The predicted octanol–water partition coefficient (Wildman–Crippen LogP) is 3.87. The summed E-state index contributed by atoms with van der Waals surface area (Å²) in [4.78, 5) is 12.3. The molecule has 1 aromatic heterocycles. The molecule has 17 heavy (non-hydrogen) atoms. The number of hydrogen-bond acceptors (Lipinski definition) is 3. The molecule has 1 heterocycles. The fraction of sp³-hybridized carbons (Fsp3) is 0.214. The van der Waals surface area contributed by atoms with Gasteiger partial charge in [-0.3, -0.25) is 4.79 Å². The Kier molecular flexibility index (Phi) is 3.94. The van der Waals surface area contributed by atoms with Crippen LogP contribution >= 0.6 is 11.3 Å². The molecule has 0 saturated heterocycles. The highest BCUT2D eigenvalue weighted by Gasteiger charge is 1.99. The van der Waals surface area contributed by atoms with E-state index in [1.807, 2.05) is 31.2 Å². The van der Waals surface area contributed by atoms with E-state index in [2.05, 4.69) is 18.2 Å². The van der Waals surface area contributed by atoms with Crippen molar-refractivity contribution in [2.75, 3.05) is 6.61 Å². The van der Waals surface area contributed by atoms with Gasteiger partial charge in [0.15, 0.2) is 0 Å². The minimum atomic E-state index is -0.176. The van der Waals surface area contributed by atoms with Crippen molar-refractivity contribution in [3.8, 4) is 0 Å². The van der Waals surface area contributed by atoms with Gasteiger partial charge in [-0.1, -0.05) is 24.3 Å². The summed E-state index contributed by atoms with van der Waals surface area (Å²) in [7, 11) is 0. The van der Waals surface area contributed by atoms with E-state index in [0.717, 1.165) is 4.88 Å². The fourth-order valence-corrected chi connectivity index (χ4v) is 2.57. The maximum atomic E-state index is 11.1. The van der Waals surface area contributed by atoms with E-state index in [1.54, 1.807) is 11.3 Å². The van der Waals surface area contributed by atoms with Crippen LogP contribution in [0, 0.1) is 0 Å². The highest BCUT2D eigenvalue weighted by atomic mass is 32.1. The predicted molar refractivity (Wildman–Crippen MR) is 72.1 cm³/mol. The molecule has 0 N–H and O–H groups in total. The third-order valence-electron chi connectivity index (χ3n) is 2.32. The summed E-state index contributed by atoms with van der Waals surface area (Å²) in [5.41, 5.74) is 0. The second-order valence-electron chi connectivity index (χ2n) is 3.60. The molecule has 2 nitrogen and oxygen atoms in total. The first-order valence-electron chi connectivity index (χ1n) is 5.60. The van der Waals surface area contributed by atoms with E-state index in [4.69, 9.17) is 4.74 Å². The van der Waals surface area contributed by atoms with Crippen LogP contribution in [0.5, 0.6) is 0 Å². The van der Waals surface area contributed by atoms with Gasteiger partial charge >= 0.3 is 5.97 Å². The molecule has 0 atom stereocenters. The van der Waals surface area contributed by atoms with Crippen molar-refractivity contribution < 1.29 is 9.53 Å². The van der Waals surface area contributed by atoms with Crippen molar-refractivity contribution in [1.29, 1.82) is 0 Å². The van der Waals surface area contributed by atoms with E-state index in [1.165, 1.54) is 10.1 Å². The molecule has 0 aliphatic rings. The van der Waals surface area contributed by atoms with Crippen LogP contribution < -0.4 is 0 Å². The molecule has 0 spiro atoms. The molecule has 88 valence electrons. The van der Waals surface area contributed by atoms with Crippen molar-refractivity contribution in [3.05, 3.63) is 41.3 Å². The lowest BCUT2D eigenvalue weighted by atomic mass is 10.2. The van der Waals surface area contributed by atoms with Gasteiger partial charge in [-0.2, -0.15) is 0 Å². The molecule has 0 fully saturated rings. The van der Waals surface area contributed by atoms with E-state index in [0.29, 0.717) is 13.0 Å². The zero-order valence-electron chi connectivity index (χ0n) is 9.68. The van der Waals surface area contributed by atoms with Crippen molar-refractivity contribution in [1.82, 2.24) is 0 Å². The van der Waals surface area contributed by atoms with Crippen LogP contribution in [0.15, 0.2) is 36.4 Å². The molecule has 0 aliphatic heterocycles. The second-order valence-corrected chi connectivity index (χ2v) is 4.71. The van der Waals surface area contributed by atoms with Gasteiger partial charge in [0.05, 0.1) is 13.0 Å². The topological polar surface area (TPSA) is 26.3 Å². The summed E-state index contributed by atoms with van der Waals surface area (Å²) in [6, 6.07) is 10.4.